The van der Waals surface area contributed by atoms with Crippen LogP contribution in [0.4, 0.5) is 0 Å². The van der Waals surface area contributed by atoms with E-state index in [9.17, 15) is 16.8 Å². The molecule has 0 unspecified atom stereocenters. The zero-order valence-corrected chi connectivity index (χ0v) is 11.7. The highest BCUT2D eigenvalue weighted by Gasteiger charge is 2.42. The van der Waals surface area contributed by atoms with Gasteiger partial charge >= 0.3 is 0 Å². The van der Waals surface area contributed by atoms with E-state index in [1.807, 2.05) is 0 Å². The van der Waals surface area contributed by atoms with Gasteiger partial charge in [-0.3, -0.25) is 0 Å². The molecular weight excluding hydrogens is 282 g/mol. The molecule has 0 radical (unpaired) electrons. The summed E-state index contributed by atoms with van der Waals surface area (Å²) < 4.78 is 48.5. The largest absolute Gasteiger partial charge is 0.252 e. The Morgan fingerprint density at radius 2 is 2.00 bits per heavy atom. The molecule has 0 spiro atoms. The van der Waals surface area contributed by atoms with E-state index in [1.54, 1.807) is 18.4 Å². The van der Waals surface area contributed by atoms with Gasteiger partial charge in [-0.1, -0.05) is 13.0 Å². The summed E-state index contributed by atoms with van der Waals surface area (Å²) in [5.74, 6) is 0.0601. The summed E-state index contributed by atoms with van der Waals surface area (Å²) in [6.07, 6.45) is 0. The van der Waals surface area contributed by atoms with E-state index < -0.39 is 25.1 Å². The Kier molecular flexibility index (Phi) is 3.32. The standard InChI is InChI=1S/C9H13NO4S3/c1-2-16(11,12)8-6-10(7-8)17(13,14)9-4-3-5-15-9/h3-5,8H,2,6-7H2,1H3. The van der Waals surface area contributed by atoms with Gasteiger partial charge in [0.05, 0.1) is 5.25 Å². The molecule has 1 aromatic rings. The second kappa shape index (κ2) is 4.34. The van der Waals surface area contributed by atoms with Gasteiger partial charge in [0.2, 0.25) is 0 Å². The Hall–Kier alpha value is -0.440. The highest BCUT2D eigenvalue weighted by Crippen LogP contribution is 2.27. The van der Waals surface area contributed by atoms with Crippen molar-refractivity contribution in [3.8, 4) is 0 Å². The highest BCUT2D eigenvalue weighted by atomic mass is 32.2. The minimum atomic E-state index is -3.47. The van der Waals surface area contributed by atoms with Crippen LogP contribution in [0.1, 0.15) is 6.92 Å². The molecule has 0 bridgehead atoms. The van der Waals surface area contributed by atoms with Gasteiger partial charge in [-0.05, 0) is 11.4 Å². The first-order valence-electron chi connectivity index (χ1n) is 5.13. The molecule has 0 amide bonds. The molecule has 8 heteroatoms. The molecule has 0 aliphatic carbocycles. The second-order valence-corrected chi connectivity index (χ2v) is 9.51. The quantitative estimate of drug-likeness (QED) is 0.813. The van der Waals surface area contributed by atoms with E-state index in [4.69, 9.17) is 0 Å². The van der Waals surface area contributed by atoms with Gasteiger partial charge in [-0.25, -0.2) is 16.8 Å². The Bertz CT molecular complexity index is 582. The van der Waals surface area contributed by atoms with Crippen LogP contribution in [0.2, 0.25) is 0 Å². The fourth-order valence-electron chi connectivity index (χ4n) is 1.60. The van der Waals surface area contributed by atoms with Crippen molar-refractivity contribution in [3.63, 3.8) is 0 Å². The van der Waals surface area contributed by atoms with E-state index in [2.05, 4.69) is 0 Å². The molecule has 0 N–H and O–H groups in total. The van der Waals surface area contributed by atoms with E-state index in [0.29, 0.717) is 0 Å². The Labute approximate surface area is 105 Å². The van der Waals surface area contributed by atoms with Gasteiger partial charge in [0.1, 0.15) is 4.21 Å². The highest BCUT2D eigenvalue weighted by molar-refractivity contribution is 7.93. The summed E-state index contributed by atoms with van der Waals surface area (Å²) in [6, 6.07) is 3.19. The molecule has 2 rings (SSSR count). The van der Waals surface area contributed by atoms with Crippen LogP contribution in [0.3, 0.4) is 0 Å². The molecule has 1 saturated heterocycles. The SMILES string of the molecule is CCS(=O)(=O)C1CN(S(=O)(=O)c2cccs2)C1. The van der Waals surface area contributed by atoms with Gasteiger partial charge in [-0.15, -0.1) is 11.3 Å². The third-order valence-corrected chi connectivity index (χ3v) is 8.14. The van der Waals surface area contributed by atoms with Crippen molar-refractivity contribution < 1.29 is 16.8 Å². The number of sulfonamides is 1. The number of rotatable bonds is 4. The molecule has 17 heavy (non-hydrogen) atoms. The van der Waals surface area contributed by atoms with Crippen LogP contribution in [-0.4, -0.2) is 45.2 Å². The minimum absolute atomic E-state index is 0.0601. The molecule has 0 aromatic carbocycles. The van der Waals surface area contributed by atoms with Gasteiger partial charge in [-0.2, -0.15) is 4.31 Å². The van der Waals surface area contributed by atoms with Crippen molar-refractivity contribution in [2.24, 2.45) is 0 Å². The van der Waals surface area contributed by atoms with Crippen molar-refractivity contribution in [3.05, 3.63) is 17.5 Å². The summed E-state index contributed by atoms with van der Waals surface area (Å²) in [5.41, 5.74) is 0. The van der Waals surface area contributed by atoms with Crippen LogP contribution in [0.5, 0.6) is 0 Å². The van der Waals surface area contributed by atoms with Crippen molar-refractivity contribution in [1.29, 1.82) is 0 Å². The maximum absolute atomic E-state index is 12.0. The number of hydrogen-bond acceptors (Lipinski definition) is 5. The summed E-state index contributed by atoms with van der Waals surface area (Å²) in [6.45, 7) is 1.73. The van der Waals surface area contributed by atoms with E-state index >= 15 is 0 Å². The molecule has 0 saturated carbocycles. The van der Waals surface area contributed by atoms with Crippen LogP contribution in [-0.2, 0) is 19.9 Å². The van der Waals surface area contributed by atoms with Gasteiger partial charge in [0.25, 0.3) is 10.0 Å². The predicted octanol–water partition coefficient (Wildman–Crippen LogP) is 0.556. The fourth-order valence-corrected chi connectivity index (χ4v) is 5.75. The zero-order chi connectivity index (χ0) is 12.7. The van der Waals surface area contributed by atoms with Crippen molar-refractivity contribution >= 4 is 31.2 Å². The lowest BCUT2D eigenvalue weighted by atomic mass is 10.3. The summed E-state index contributed by atoms with van der Waals surface area (Å²) in [7, 11) is -6.60. The van der Waals surface area contributed by atoms with Crippen molar-refractivity contribution in [2.75, 3.05) is 18.8 Å². The number of sulfone groups is 1. The Balaban J connectivity index is 2.11. The first-order valence-corrected chi connectivity index (χ1v) is 9.16. The van der Waals surface area contributed by atoms with Crippen molar-refractivity contribution in [1.82, 2.24) is 4.31 Å². The predicted molar refractivity (Wildman–Crippen MR) is 66.3 cm³/mol. The van der Waals surface area contributed by atoms with Crippen LogP contribution in [0.25, 0.3) is 0 Å². The second-order valence-electron chi connectivity index (χ2n) is 3.83. The van der Waals surface area contributed by atoms with Crippen LogP contribution in [0, 0.1) is 0 Å². The minimum Gasteiger partial charge on any atom is -0.228 e. The lowest BCUT2D eigenvalue weighted by Crippen LogP contribution is -2.56. The topological polar surface area (TPSA) is 71.5 Å². The van der Waals surface area contributed by atoms with Crippen LogP contribution >= 0.6 is 11.3 Å². The lowest BCUT2D eigenvalue weighted by Gasteiger charge is -2.36. The van der Waals surface area contributed by atoms with Crippen LogP contribution in [0.15, 0.2) is 21.7 Å². The van der Waals surface area contributed by atoms with E-state index in [-0.39, 0.29) is 23.1 Å². The summed E-state index contributed by atoms with van der Waals surface area (Å²) in [5, 5.41) is 1.15. The average molecular weight is 295 g/mol. The fraction of sp³-hybridized carbons (Fsp3) is 0.556. The van der Waals surface area contributed by atoms with E-state index in [0.717, 1.165) is 11.3 Å². The molecule has 1 aliphatic rings. The molecule has 1 fully saturated rings. The molecule has 1 aliphatic heterocycles. The monoisotopic (exact) mass is 295 g/mol. The average Bonchev–Trinajstić information content (AvgIpc) is 2.67. The lowest BCUT2D eigenvalue weighted by molar-refractivity contribution is 0.310. The molecule has 0 atom stereocenters. The molecule has 2 heterocycles. The Morgan fingerprint density at radius 1 is 1.35 bits per heavy atom. The first-order chi connectivity index (χ1) is 7.88. The number of hydrogen-bond donors (Lipinski definition) is 0. The summed E-state index contributed by atoms with van der Waals surface area (Å²) >= 11 is 1.14. The third-order valence-electron chi connectivity index (χ3n) is 2.81. The number of thiophene rings is 1. The van der Waals surface area contributed by atoms with Crippen molar-refractivity contribution in [2.45, 2.75) is 16.4 Å². The Morgan fingerprint density at radius 3 is 2.47 bits per heavy atom. The first kappa shape index (κ1) is 13.0. The van der Waals surface area contributed by atoms with Gasteiger partial charge in [0.15, 0.2) is 9.84 Å². The van der Waals surface area contributed by atoms with E-state index in [1.165, 1.54) is 10.4 Å². The van der Waals surface area contributed by atoms with Crippen LogP contribution < -0.4 is 0 Å². The molecule has 96 valence electrons. The molecule has 5 nitrogen and oxygen atoms in total. The van der Waals surface area contributed by atoms with Gasteiger partial charge in [0, 0.05) is 18.8 Å². The summed E-state index contributed by atoms with van der Waals surface area (Å²) in [4.78, 5) is 0. The zero-order valence-electron chi connectivity index (χ0n) is 9.24. The normalized spacial score (nSPS) is 19.1. The molecule has 1 aromatic heterocycles. The number of nitrogens with zero attached hydrogens (tertiary/aromatic N) is 1. The van der Waals surface area contributed by atoms with Gasteiger partial charge < -0.3 is 0 Å². The third kappa shape index (κ3) is 2.26. The smallest absolute Gasteiger partial charge is 0.228 e. The maximum atomic E-state index is 12.0. The maximum Gasteiger partial charge on any atom is 0.252 e. The molecular formula is C9H13NO4S3.